The van der Waals surface area contributed by atoms with Crippen LogP contribution in [0, 0.1) is 0 Å². The van der Waals surface area contributed by atoms with E-state index in [-0.39, 0.29) is 24.8 Å². The van der Waals surface area contributed by atoms with Gasteiger partial charge >= 0.3 is 325 Å². The van der Waals surface area contributed by atoms with Gasteiger partial charge in [0.2, 0.25) is 0 Å². The molecule has 1 fully saturated rings. The van der Waals surface area contributed by atoms with Gasteiger partial charge in [0.05, 0.1) is 0 Å². The third-order valence-corrected chi connectivity index (χ3v) is 29.0. The van der Waals surface area contributed by atoms with E-state index in [1.165, 1.54) is 91.1 Å². The molecular weight excluding hydrogens is 799 g/mol. The number of benzene rings is 8. The molecule has 0 saturated carbocycles. The number of hydrogen-bond donors (Lipinski definition) is 0. The maximum Gasteiger partial charge on any atom is -1.00 e. The quantitative estimate of drug-likeness (QED) is 0.147. The first-order chi connectivity index (χ1) is 26.7. The molecule has 0 amide bonds. The summed E-state index contributed by atoms with van der Waals surface area (Å²) in [5, 5.41) is 10.7. The van der Waals surface area contributed by atoms with Crippen LogP contribution in [0.15, 0.2) is 157 Å². The van der Waals surface area contributed by atoms with Gasteiger partial charge < -0.3 is 24.8 Å². The summed E-state index contributed by atoms with van der Waals surface area (Å²) >= 11 is -3.02. The molecule has 0 spiro atoms. The Kier molecular flexibility index (Phi) is 9.73. The monoisotopic (exact) mass is 840 g/mol. The fourth-order valence-corrected chi connectivity index (χ4v) is 27.1. The van der Waals surface area contributed by atoms with Gasteiger partial charge in [-0.2, -0.15) is 0 Å². The summed E-state index contributed by atoms with van der Waals surface area (Å²) in [6, 6.07) is 55.5. The average molecular weight is 843 g/mol. The smallest absolute Gasteiger partial charge is 1.00 e. The summed E-state index contributed by atoms with van der Waals surface area (Å²) in [5.41, 5.74) is 15.3. The SMILES string of the molecule is CCC1=Cc2c(-c3c4ccccc4cc4ccccc34)cccc2[CH]1[Zr+2]1([CH]2C(CC)=Cc3c(-c4c5ccccc5cc5ccccc45)cccc32)[CH2]C[CH2]1.[Cl-].[Cl-]. The van der Waals surface area contributed by atoms with Gasteiger partial charge in [0.1, 0.15) is 0 Å². The Morgan fingerprint density at radius 2 is 0.804 bits per heavy atom. The van der Waals surface area contributed by atoms with Crippen LogP contribution in [0.5, 0.6) is 0 Å². The van der Waals surface area contributed by atoms with Crippen LogP contribution in [0.25, 0.3) is 77.5 Å². The molecule has 3 heteroatoms. The van der Waals surface area contributed by atoms with E-state index in [0.29, 0.717) is 7.25 Å². The Hall–Kier alpha value is -4.26. The van der Waals surface area contributed by atoms with Gasteiger partial charge in [0.25, 0.3) is 0 Å². The molecule has 274 valence electrons. The van der Waals surface area contributed by atoms with Crippen molar-refractivity contribution in [1.29, 1.82) is 0 Å². The van der Waals surface area contributed by atoms with E-state index in [2.05, 4.69) is 172 Å². The van der Waals surface area contributed by atoms with Crippen LogP contribution >= 0.6 is 0 Å². The molecule has 11 rings (SSSR count). The minimum absolute atomic E-state index is 0. The molecule has 3 aliphatic rings. The Bertz CT molecular complexity index is 2610. The van der Waals surface area contributed by atoms with E-state index >= 15 is 0 Å². The molecule has 2 aliphatic carbocycles. The van der Waals surface area contributed by atoms with Crippen LogP contribution in [0.1, 0.15) is 62.6 Å². The summed E-state index contributed by atoms with van der Waals surface area (Å²) in [7, 11) is 0. The molecule has 0 radical (unpaired) electrons. The van der Waals surface area contributed by atoms with Crippen LogP contribution in [-0.2, 0) is 20.3 Å². The van der Waals surface area contributed by atoms with Crippen LogP contribution in [0.4, 0.5) is 0 Å². The molecule has 0 bridgehead atoms. The van der Waals surface area contributed by atoms with E-state index in [0.717, 1.165) is 12.8 Å². The van der Waals surface area contributed by atoms with E-state index in [1.807, 2.05) is 0 Å². The van der Waals surface area contributed by atoms with Gasteiger partial charge in [0.15, 0.2) is 0 Å². The maximum absolute atomic E-state index is 3.02. The third kappa shape index (κ3) is 5.41. The first kappa shape index (κ1) is 37.3. The number of rotatable bonds is 6. The number of halogens is 2. The van der Waals surface area contributed by atoms with Crippen LogP contribution < -0.4 is 24.8 Å². The Morgan fingerprint density at radius 3 is 1.12 bits per heavy atom. The molecule has 1 aliphatic heterocycles. The van der Waals surface area contributed by atoms with Gasteiger partial charge in [-0.05, 0) is 0 Å². The van der Waals surface area contributed by atoms with Crippen molar-refractivity contribution in [3.05, 3.63) is 179 Å². The predicted molar refractivity (Wildman–Crippen MR) is 230 cm³/mol. The molecule has 8 aromatic carbocycles. The summed E-state index contributed by atoms with van der Waals surface area (Å²) in [6.45, 7) is 4.86. The summed E-state index contributed by atoms with van der Waals surface area (Å²) in [6.07, 6.45) is 8.99. The Labute approximate surface area is 347 Å². The zero-order valence-corrected chi connectivity index (χ0v) is 35.9. The minimum atomic E-state index is -3.02. The van der Waals surface area contributed by atoms with Crippen molar-refractivity contribution in [2.24, 2.45) is 0 Å². The molecule has 56 heavy (non-hydrogen) atoms. The number of fused-ring (bicyclic) bond motifs is 6. The fraction of sp³-hybridized carbons (Fsp3) is 0.170. The fourth-order valence-electron chi connectivity index (χ4n) is 11.3. The zero-order valence-electron chi connectivity index (χ0n) is 32.0. The van der Waals surface area contributed by atoms with Gasteiger partial charge in [-0.25, -0.2) is 0 Å². The van der Waals surface area contributed by atoms with Crippen LogP contribution in [0.3, 0.4) is 0 Å². The normalized spacial score (nSPS) is 17.2. The van der Waals surface area contributed by atoms with Gasteiger partial charge in [-0.1, -0.05) is 0 Å². The Morgan fingerprint density at radius 1 is 0.446 bits per heavy atom. The predicted octanol–water partition coefficient (Wildman–Crippen LogP) is 9.43. The zero-order chi connectivity index (χ0) is 36.0. The summed E-state index contributed by atoms with van der Waals surface area (Å²) in [5.74, 6) is 0. The molecule has 0 aromatic heterocycles. The van der Waals surface area contributed by atoms with Gasteiger partial charge in [0, 0.05) is 0 Å². The van der Waals surface area contributed by atoms with Crippen molar-refractivity contribution in [2.45, 2.75) is 48.6 Å². The Balaban J connectivity index is 0.00000205. The van der Waals surface area contributed by atoms with E-state index in [9.17, 15) is 0 Å². The molecule has 0 nitrogen and oxygen atoms in total. The largest absolute Gasteiger partial charge is 1.00 e. The topological polar surface area (TPSA) is 0 Å². The molecule has 1 heterocycles. The van der Waals surface area contributed by atoms with Crippen molar-refractivity contribution in [2.75, 3.05) is 0 Å². The van der Waals surface area contributed by atoms with Crippen molar-refractivity contribution >= 4 is 55.2 Å². The standard InChI is InChI=1S/2C25H19.C3H6.2ClH.Zr/c2*1-2-17-14-18-10-7-13-23(24(18)15-17)25-21-11-5-3-8-19(21)16-20-9-4-6-12-22(20)25;1-3-2;;;/h2*3-16H,2H2,1H3;1-3H2;2*1H;/q;;;;;+2/p-2. The van der Waals surface area contributed by atoms with E-state index in [4.69, 9.17) is 0 Å². The van der Waals surface area contributed by atoms with Crippen molar-refractivity contribution in [3.8, 4) is 22.3 Å². The summed E-state index contributed by atoms with van der Waals surface area (Å²) < 4.78 is 4.17. The average Bonchev–Trinajstić information content (AvgIpc) is 3.78. The van der Waals surface area contributed by atoms with Gasteiger partial charge in [-0.15, -0.1) is 0 Å². The molecule has 1 saturated heterocycles. The van der Waals surface area contributed by atoms with Crippen LogP contribution in [-0.4, -0.2) is 0 Å². The first-order valence-corrected chi connectivity index (χ1v) is 26.5. The molecular formula is C53H44Cl2Zr. The van der Waals surface area contributed by atoms with Crippen molar-refractivity contribution in [1.82, 2.24) is 0 Å². The van der Waals surface area contributed by atoms with Gasteiger partial charge in [-0.3, -0.25) is 0 Å². The number of hydrogen-bond acceptors (Lipinski definition) is 0. The van der Waals surface area contributed by atoms with Crippen LogP contribution in [0.2, 0.25) is 8.26 Å². The maximum atomic E-state index is 2.67. The first-order valence-electron chi connectivity index (χ1n) is 20.2. The number of allylic oxidation sites excluding steroid dienone is 2. The summed E-state index contributed by atoms with van der Waals surface area (Å²) in [4.78, 5) is 0. The third-order valence-electron chi connectivity index (χ3n) is 13.6. The molecule has 2 atom stereocenters. The molecule has 2 unspecified atom stereocenters. The second kappa shape index (κ2) is 14.6. The molecule has 8 aromatic rings. The van der Waals surface area contributed by atoms with E-state index in [1.54, 1.807) is 22.3 Å². The molecule has 0 N–H and O–H groups in total. The van der Waals surface area contributed by atoms with Crippen molar-refractivity contribution < 1.29 is 45.1 Å². The minimum Gasteiger partial charge on any atom is -1.00 e. The van der Waals surface area contributed by atoms with Crippen molar-refractivity contribution in [3.63, 3.8) is 0 Å². The second-order valence-electron chi connectivity index (χ2n) is 16.1. The van der Waals surface area contributed by atoms with E-state index < -0.39 is 20.3 Å². The second-order valence-corrected chi connectivity index (χ2v) is 27.5.